The van der Waals surface area contributed by atoms with Crippen molar-refractivity contribution in [1.82, 2.24) is 0 Å². The summed E-state index contributed by atoms with van der Waals surface area (Å²) < 4.78 is 9.96. The predicted molar refractivity (Wildman–Crippen MR) is 67.1 cm³/mol. The number of benzene rings is 1. The third-order valence-electron chi connectivity index (χ3n) is 2.96. The number of rotatable bonds is 3. The first-order valence-corrected chi connectivity index (χ1v) is 5.80. The molecule has 1 unspecified atom stereocenters. The minimum Gasteiger partial charge on any atom is -0.467 e. The molecule has 1 aromatic rings. The number of esters is 1. The zero-order chi connectivity index (χ0) is 13.8. The Kier molecular flexibility index (Phi) is 3.96. The minimum atomic E-state index is -0.617. The number of carbonyl (C=O) groups excluding carboxylic acids is 1. The number of carbonyl (C=O) groups is 1. The Morgan fingerprint density at radius 3 is 2.74 bits per heavy atom. The summed E-state index contributed by atoms with van der Waals surface area (Å²) in [5.74, 6) is -0.411. The maximum Gasteiger partial charge on any atom is 0.336 e. The maximum absolute atomic E-state index is 11.4. The molecular weight excluding hydrogens is 252 g/mol. The SMILES string of the molecule is COC(=O)C1CN(c2ccc([N+](=O)[O-])cc2)CCO1. The molecule has 1 aliphatic rings. The van der Waals surface area contributed by atoms with Crippen molar-refractivity contribution in [2.45, 2.75) is 6.10 Å². The molecule has 1 aliphatic heterocycles. The quantitative estimate of drug-likeness (QED) is 0.460. The van der Waals surface area contributed by atoms with Crippen LogP contribution in [0.4, 0.5) is 11.4 Å². The summed E-state index contributed by atoms with van der Waals surface area (Å²) in [6, 6.07) is 6.21. The van der Waals surface area contributed by atoms with Crippen LogP contribution in [0.2, 0.25) is 0 Å². The molecule has 0 spiro atoms. The van der Waals surface area contributed by atoms with Gasteiger partial charge in [0.05, 0.1) is 25.2 Å². The summed E-state index contributed by atoms with van der Waals surface area (Å²) in [4.78, 5) is 23.5. The number of nitrogens with zero attached hydrogens (tertiary/aromatic N) is 2. The van der Waals surface area contributed by atoms with E-state index in [0.717, 1.165) is 5.69 Å². The number of hydrogen-bond donors (Lipinski definition) is 0. The van der Waals surface area contributed by atoms with E-state index in [1.807, 2.05) is 4.90 Å². The number of non-ortho nitro benzene ring substituents is 1. The van der Waals surface area contributed by atoms with Crippen LogP contribution in [0.3, 0.4) is 0 Å². The zero-order valence-corrected chi connectivity index (χ0v) is 10.4. The molecule has 2 rings (SSSR count). The van der Waals surface area contributed by atoms with Crippen molar-refractivity contribution in [3.63, 3.8) is 0 Å². The van der Waals surface area contributed by atoms with Crippen molar-refractivity contribution in [1.29, 1.82) is 0 Å². The molecule has 0 N–H and O–H groups in total. The van der Waals surface area contributed by atoms with Crippen molar-refractivity contribution in [2.75, 3.05) is 31.7 Å². The number of hydrogen-bond acceptors (Lipinski definition) is 6. The number of anilines is 1. The highest BCUT2D eigenvalue weighted by molar-refractivity contribution is 5.75. The van der Waals surface area contributed by atoms with Gasteiger partial charge in [-0.2, -0.15) is 0 Å². The average Bonchev–Trinajstić information content (AvgIpc) is 2.46. The van der Waals surface area contributed by atoms with Gasteiger partial charge in [-0.1, -0.05) is 0 Å². The summed E-state index contributed by atoms with van der Waals surface area (Å²) >= 11 is 0. The summed E-state index contributed by atoms with van der Waals surface area (Å²) in [6.07, 6.45) is -0.617. The Labute approximate surface area is 109 Å². The van der Waals surface area contributed by atoms with Gasteiger partial charge in [0.25, 0.3) is 5.69 Å². The van der Waals surface area contributed by atoms with Gasteiger partial charge < -0.3 is 14.4 Å². The summed E-state index contributed by atoms with van der Waals surface area (Å²) in [5.41, 5.74) is 0.865. The number of nitro benzene ring substituents is 1. The lowest BCUT2D eigenvalue weighted by molar-refractivity contribution is -0.384. The fourth-order valence-electron chi connectivity index (χ4n) is 1.94. The van der Waals surface area contributed by atoms with Crippen LogP contribution in [0.15, 0.2) is 24.3 Å². The molecule has 7 heteroatoms. The van der Waals surface area contributed by atoms with E-state index in [1.54, 1.807) is 12.1 Å². The first-order chi connectivity index (χ1) is 9.11. The summed E-state index contributed by atoms with van der Waals surface area (Å²) in [6.45, 7) is 1.42. The van der Waals surface area contributed by atoms with Crippen LogP contribution in [-0.2, 0) is 14.3 Å². The molecule has 0 saturated carbocycles. The van der Waals surface area contributed by atoms with Crippen LogP contribution in [0.25, 0.3) is 0 Å². The Morgan fingerprint density at radius 1 is 1.47 bits per heavy atom. The molecule has 102 valence electrons. The molecule has 1 atom stereocenters. The molecule has 7 nitrogen and oxygen atoms in total. The van der Waals surface area contributed by atoms with Crippen LogP contribution in [-0.4, -0.2) is 43.8 Å². The van der Waals surface area contributed by atoms with Crippen LogP contribution < -0.4 is 4.90 Å². The lowest BCUT2D eigenvalue weighted by atomic mass is 10.2. The van der Waals surface area contributed by atoms with Gasteiger partial charge in [-0.3, -0.25) is 10.1 Å². The van der Waals surface area contributed by atoms with Gasteiger partial charge in [0.2, 0.25) is 0 Å². The van der Waals surface area contributed by atoms with Crippen molar-refractivity contribution in [2.24, 2.45) is 0 Å². The summed E-state index contributed by atoms with van der Waals surface area (Å²) in [5, 5.41) is 10.6. The molecule has 0 bridgehead atoms. The second-order valence-electron chi connectivity index (χ2n) is 4.10. The molecule has 1 fully saturated rings. The number of morpholine rings is 1. The third kappa shape index (κ3) is 3.00. The third-order valence-corrected chi connectivity index (χ3v) is 2.96. The summed E-state index contributed by atoms with van der Waals surface area (Å²) in [7, 11) is 1.32. The molecule has 0 aromatic heterocycles. The van der Waals surface area contributed by atoms with E-state index >= 15 is 0 Å². The van der Waals surface area contributed by atoms with Crippen molar-refractivity contribution in [3.8, 4) is 0 Å². The van der Waals surface area contributed by atoms with Crippen molar-refractivity contribution in [3.05, 3.63) is 34.4 Å². The Hall–Kier alpha value is -2.15. The maximum atomic E-state index is 11.4. The van der Waals surface area contributed by atoms with E-state index in [9.17, 15) is 14.9 Å². The second-order valence-corrected chi connectivity index (χ2v) is 4.10. The molecular formula is C12H14N2O5. The van der Waals surface area contributed by atoms with Crippen LogP contribution in [0, 0.1) is 10.1 Å². The minimum absolute atomic E-state index is 0.0431. The van der Waals surface area contributed by atoms with Crippen molar-refractivity contribution >= 4 is 17.3 Å². The van der Waals surface area contributed by atoms with Gasteiger partial charge in [-0.25, -0.2) is 4.79 Å². The second kappa shape index (κ2) is 5.66. The van der Waals surface area contributed by atoms with E-state index in [4.69, 9.17) is 4.74 Å². The van der Waals surface area contributed by atoms with E-state index in [0.29, 0.717) is 19.7 Å². The zero-order valence-electron chi connectivity index (χ0n) is 10.4. The molecule has 0 aliphatic carbocycles. The van der Waals surface area contributed by atoms with Crippen LogP contribution in [0.1, 0.15) is 0 Å². The lowest BCUT2D eigenvalue weighted by Crippen LogP contribution is -2.46. The normalized spacial score (nSPS) is 19.0. The standard InChI is InChI=1S/C12H14N2O5/c1-18-12(15)11-8-13(6-7-19-11)9-2-4-10(5-3-9)14(16)17/h2-5,11H,6-8H2,1H3. The first-order valence-electron chi connectivity index (χ1n) is 5.80. The lowest BCUT2D eigenvalue weighted by Gasteiger charge is -2.33. The largest absolute Gasteiger partial charge is 0.467 e. The van der Waals surface area contributed by atoms with E-state index in [2.05, 4.69) is 4.74 Å². The van der Waals surface area contributed by atoms with Gasteiger partial charge in [-0.15, -0.1) is 0 Å². The topological polar surface area (TPSA) is 81.9 Å². The highest BCUT2D eigenvalue weighted by atomic mass is 16.6. The predicted octanol–water partition coefficient (Wildman–Crippen LogP) is 0.973. The molecule has 0 amide bonds. The monoisotopic (exact) mass is 266 g/mol. The van der Waals surface area contributed by atoms with Gasteiger partial charge in [0, 0.05) is 24.4 Å². The van der Waals surface area contributed by atoms with E-state index < -0.39 is 17.0 Å². The van der Waals surface area contributed by atoms with Crippen LogP contribution >= 0.6 is 0 Å². The number of methoxy groups -OCH3 is 1. The van der Waals surface area contributed by atoms with Gasteiger partial charge in [-0.05, 0) is 12.1 Å². The fourth-order valence-corrected chi connectivity index (χ4v) is 1.94. The molecule has 0 radical (unpaired) electrons. The van der Waals surface area contributed by atoms with Crippen molar-refractivity contribution < 1.29 is 19.2 Å². The van der Waals surface area contributed by atoms with E-state index in [-0.39, 0.29) is 5.69 Å². The molecule has 1 heterocycles. The Balaban J connectivity index is 2.08. The average molecular weight is 266 g/mol. The Bertz CT molecular complexity index is 474. The number of nitro groups is 1. The fraction of sp³-hybridized carbons (Fsp3) is 0.417. The molecule has 19 heavy (non-hydrogen) atoms. The number of ether oxygens (including phenoxy) is 2. The molecule has 1 aromatic carbocycles. The van der Waals surface area contributed by atoms with Gasteiger partial charge >= 0.3 is 5.97 Å². The van der Waals surface area contributed by atoms with E-state index in [1.165, 1.54) is 19.2 Å². The first kappa shape index (κ1) is 13.3. The molecule has 1 saturated heterocycles. The van der Waals surface area contributed by atoms with Gasteiger partial charge in [0.1, 0.15) is 0 Å². The highest BCUT2D eigenvalue weighted by Gasteiger charge is 2.27. The van der Waals surface area contributed by atoms with Crippen LogP contribution in [0.5, 0.6) is 0 Å². The smallest absolute Gasteiger partial charge is 0.336 e. The highest BCUT2D eigenvalue weighted by Crippen LogP contribution is 2.21. The van der Waals surface area contributed by atoms with Gasteiger partial charge in [0.15, 0.2) is 6.10 Å². The Morgan fingerprint density at radius 2 is 2.16 bits per heavy atom.